The fourth-order valence-corrected chi connectivity index (χ4v) is 3.28. The van der Waals surface area contributed by atoms with E-state index in [2.05, 4.69) is 40.0 Å². The highest BCUT2D eigenvalue weighted by atomic mass is 79.9. The zero-order valence-electron chi connectivity index (χ0n) is 9.31. The van der Waals surface area contributed by atoms with Crippen LogP contribution in [0.15, 0.2) is 0 Å². The van der Waals surface area contributed by atoms with Crippen molar-refractivity contribution in [3.8, 4) is 0 Å². The number of anilines is 1. The Labute approximate surface area is 107 Å². The van der Waals surface area contributed by atoms with E-state index in [0.29, 0.717) is 18.9 Å². The van der Waals surface area contributed by atoms with E-state index in [1.165, 1.54) is 11.3 Å². The smallest absolute Gasteiger partial charge is 0.230 e. The van der Waals surface area contributed by atoms with Gasteiger partial charge in [-0.1, -0.05) is 41.1 Å². The second-order valence-corrected chi connectivity index (χ2v) is 6.72. The minimum Gasteiger partial charge on any atom is -0.286 e. The zero-order chi connectivity index (χ0) is 11.7. The molecule has 0 bridgehead atoms. The molecule has 0 aromatic carbocycles. The highest BCUT2D eigenvalue weighted by molar-refractivity contribution is 9.09. The van der Waals surface area contributed by atoms with Gasteiger partial charge in [-0.05, 0) is 5.92 Å². The van der Waals surface area contributed by atoms with Crippen molar-refractivity contribution in [2.24, 2.45) is 5.92 Å². The predicted molar refractivity (Wildman–Crippen MR) is 68.1 cm³/mol. The van der Waals surface area contributed by atoms with Crippen LogP contribution in [0.1, 0.15) is 25.3 Å². The number of amides is 1. The number of hydrogen-bond donors (Lipinski definition) is 0. The lowest BCUT2D eigenvalue weighted by molar-refractivity contribution is -0.117. The highest BCUT2D eigenvalue weighted by Crippen LogP contribution is 2.28. The molecule has 16 heavy (non-hydrogen) atoms. The number of hydrogen-bond acceptors (Lipinski definition) is 4. The second kappa shape index (κ2) is 4.79. The molecule has 6 heteroatoms. The van der Waals surface area contributed by atoms with Crippen molar-refractivity contribution in [2.45, 2.75) is 31.5 Å². The summed E-state index contributed by atoms with van der Waals surface area (Å²) >= 11 is 4.98. The Bertz CT molecular complexity index is 393. The second-order valence-electron chi connectivity index (χ2n) is 4.38. The van der Waals surface area contributed by atoms with Gasteiger partial charge in [0.1, 0.15) is 5.01 Å². The van der Waals surface area contributed by atoms with Gasteiger partial charge in [0.2, 0.25) is 11.0 Å². The number of carbonyl (C=O) groups excluding carboxylic acids is 1. The first-order chi connectivity index (χ1) is 7.56. The van der Waals surface area contributed by atoms with Crippen LogP contribution in [-0.2, 0) is 11.2 Å². The van der Waals surface area contributed by atoms with Crippen LogP contribution in [0.2, 0.25) is 0 Å². The summed E-state index contributed by atoms with van der Waals surface area (Å²) in [6.07, 6.45) is 1.48. The van der Waals surface area contributed by atoms with Gasteiger partial charge in [0.25, 0.3) is 0 Å². The van der Waals surface area contributed by atoms with Gasteiger partial charge < -0.3 is 0 Å². The molecule has 1 saturated heterocycles. The topological polar surface area (TPSA) is 46.1 Å². The van der Waals surface area contributed by atoms with Crippen LogP contribution in [0.3, 0.4) is 0 Å². The number of alkyl halides is 1. The van der Waals surface area contributed by atoms with E-state index < -0.39 is 0 Å². The fraction of sp³-hybridized carbons (Fsp3) is 0.700. The van der Waals surface area contributed by atoms with E-state index >= 15 is 0 Å². The lowest BCUT2D eigenvalue weighted by Crippen LogP contribution is -2.24. The van der Waals surface area contributed by atoms with Crippen molar-refractivity contribution in [2.75, 3.05) is 11.4 Å². The molecule has 1 fully saturated rings. The molecule has 1 aromatic heterocycles. The first kappa shape index (κ1) is 12.0. The standard InChI is InChI=1S/C10H14BrN3OS/c1-6(2)3-8-12-13-10(16-8)14-5-7(11)4-9(14)15/h6-7H,3-5H2,1-2H3. The van der Waals surface area contributed by atoms with Crippen molar-refractivity contribution in [3.63, 3.8) is 0 Å². The number of nitrogens with zero attached hydrogens (tertiary/aromatic N) is 3. The SMILES string of the molecule is CC(C)Cc1nnc(N2CC(Br)CC2=O)s1. The molecule has 4 nitrogen and oxygen atoms in total. The Balaban J connectivity index is 2.10. The molecule has 0 radical (unpaired) electrons. The summed E-state index contributed by atoms with van der Waals surface area (Å²) in [7, 11) is 0. The van der Waals surface area contributed by atoms with Crippen LogP contribution in [0.5, 0.6) is 0 Å². The average molecular weight is 304 g/mol. The van der Waals surface area contributed by atoms with E-state index in [4.69, 9.17) is 0 Å². The van der Waals surface area contributed by atoms with Crippen molar-refractivity contribution in [1.82, 2.24) is 10.2 Å². The third kappa shape index (κ3) is 2.60. The molecule has 2 heterocycles. The van der Waals surface area contributed by atoms with Gasteiger partial charge in [-0.25, -0.2) is 0 Å². The Morgan fingerprint density at radius 3 is 2.88 bits per heavy atom. The summed E-state index contributed by atoms with van der Waals surface area (Å²) in [4.78, 5) is 13.6. The van der Waals surface area contributed by atoms with E-state index in [1.807, 2.05) is 0 Å². The van der Waals surface area contributed by atoms with Crippen molar-refractivity contribution >= 4 is 38.3 Å². The number of carbonyl (C=O) groups is 1. The lowest BCUT2D eigenvalue weighted by Gasteiger charge is -2.09. The van der Waals surface area contributed by atoms with E-state index in [-0.39, 0.29) is 10.7 Å². The van der Waals surface area contributed by atoms with Crippen molar-refractivity contribution in [1.29, 1.82) is 0 Å². The predicted octanol–water partition coefficient (Wildman–Crippen LogP) is 2.24. The summed E-state index contributed by atoms with van der Waals surface area (Å²) < 4.78 is 0. The molecule has 1 amide bonds. The van der Waals surface area contributed by atoms with E-state index in [1.54, 1.807) is 4.90 Å². The lowest BCUT2D eigenvalue weighted by atomic mass is 10.1. The van der Waals surface area contributed by atoms with Crippen LogP contribution in [0.25, 0.3) is 0 Å². The van der Waals surface area contributed by atoms with Gasteiger partial charge >= 0.3 is 0 Å². The van der Waals surface area contributed by atoms with Gasteiger partial charge in [0.15, 0.2) is 0 Å². The monoisotopic (exact) mass is 303 g/mol. The molecule has 1 aliphatic rings. The van der Waals surface area contributed by atoms with Crippen LogP contribution < -0.4 is 4.90 Å². The van der Waals surface area contributed by atoms with Crippen LogP contribution in [0.4, 0.5) is 5.13 Å². The summed E-state index contributed by atoms with van der Waals surface area (Å²) in [6, 6.07) is 0. The van der Waals surface area contributed by atoms with Crippen molar-refractivity contribution in [3.05, 3.63) is 5.01 Å². The van der Waals surface area contributed by atoms with Gasteiger partial charge in [-0.2, -0.15) is 0 Å². The highest BCUT2D eigenvalue weighted by Gasteiger charge is 2.31. The molecule has 1 aromatic rings. The number of rotatable bonds is 3. The first-order valence-electron chi connectivity index (χ1n) is 5.33. The molecule has 1 atom stereocenters. The number of aromatic nitrogens is 2. The summed E-state index contributed by atoms with van der Waals surface area (Å²) in [6.45, 7) is 5.00. The Hall–Kier alpha value is -0.490. The molecule has 1 aliphatic heterocycles. The Morgan fingerprint density at radius 2 is 2.31 bits per heavy atom. The van der Waals surface area contributed by atoms with Crippen LogP contribution in [-0.4, -0.2) is 27.5 Å². The largest absolute Gasteiger partial charge is 0.286 e. The van der Waals surface area contributed by atoms with Gasteiger partial charge in [0, 0.05) is 24.2 Å². The molecule has 88 valence electrons. The molecule has 1 unspecified atom stereocenters. The van der Waals surface area contributed by atoms with Crippen LogP contribution >= 0.6 is 27.3 Å². The zero-order valence-corrected chi connectivity index (χ0v) is 11.7. The molecular weight excluding hydrogens is 290 g/mol. The van der Waals surface area contributed by atoms with E-state index in [9.17, 15) is 4.79 Å². The molecule has 0 spiro atoms. The maximum absolute atomic E-state index is 11.7. The van der Waals surface area contributed by atoms with Gasteiger partial charge in [-0.3, -0.25) is 9.69 Å². The third-order valence-electron chi connectivity index (χ3n) is 2.35. The van der Waals surface area contributed by atoms with Gasteiger partial charge in [0.05, 0.1) is 0 Å². The first-order valence-corrected chi connectivity index (χ1v) is 7.06. The maximum Gasteiger partial charge on any atom is 0.230 e. The molecule has 2 rings (SSSR count). The van der Waals surface area contributed by atoms with Crippen molar-refractivity contribution < 1.29 is 4.79 Å². The summed E-state index contributed by atoms with van der Waals surface area (Å²) in [5, 5.41) is 9.96. The van der Waals surface area contributed by atoms with Gasteiger partial charge in [-0.15, -0.1) is 10.2 Å². The molecule has 0 aliphatic carbocycles. The Morgan fingerprint density at radius 1 is 1.56 bits per heavy atom. The maximum atomic E-state index is 11.7. The summed E-state index contributed by atoms with van der Waals surface area (Å²) in [5.74, 6) is 0.702. The molecule has 0 saturated carbocycles. The average Bonchev–Trinajstić information content (AvgIpc) is 2.72. The quantitative estimate of drug-likeness (QED) is 0.805. The van der Waals surface area contributed by atoms with Crippen LogP contribution in [0, 0.1) is 5.92 Å². The van der Waals surface area contributed by atoms with E-state index in [0.717, 1.165) is 16.6 Å². The number of halogens is 1. The fourth-order valence-electron chi connectivity index (χ4n) is 1.63. The molecular formula is C10H14BrN3OS. The minimum absolute atomic E-state index is 0.133. The third-order valence-corrected chi connectivity index (χ3v) is 3.93. The minimum atomic E-state index is 0.133. The Kier molecular flexibility index (Phi) is 3.59. The summed E-state index contributed by atoms with van der Waals surface area (Å²) in [5.41, 5.74) is 0. The normalized spacial score (nSPS) is 21.1. The molecule has 0 N–H and O–H groups in total.